The molecule has 22 heteroatoms. The van der Waals surface area contributed by atoms with Crippen molar-refractivity contribution in [3.63, 3.8) is 0 Å². The van der Waals surface area contributed by atoms with Crippen molar-refractivity contribution in [2.45, 2.75) is 32.7 Å². The first-order chi connectivity index (χ1) is 29.1. The van der Waals surface area contributed by atoms with Crippen LogP contribution in [0.4, 0.5) is 87.8 Å². The Morgan fingerprint density at radius 3 is 0.919 bits per heavy atom. The monoisotopic (exact) mass is 905 g/mol. The van der Waals surface area contributed by atoms with E-state index in [9.17, 15) is 52.7 Å². The Morgan fingerprint density at radius 1 is 0.355 bits per heavy atom. The van der Waals surface area contributed by atoms with Gasteiger partial charge >= 0.3 is 0 Å². The normalized spacial score (nSPS) is 11.6. The molecule has 6 aromatic rings. The lowest BCUT2D eigenvalue weighted by atomic mass is 9.12. The average molecular weight is 905 g/mol. The highest BCUT2D eigenvalue weighted by Gasteiger charge is 2.52. The number of benzene rings is 5. The van der Waals surface area contributed by atoms with E-state index < -0.39 is 144 Å². The number of hydrogen-bond donors (Lipinski definition) is 0. The number of pyridine rings is 1. The van der Waals surface area contributed by atoms with Crippen LogP contribution < -0.4 is 26.4 Å². The molecule has 5 aromatic carbocycles. The highest BCUT2D eigenvalue weighted by Crippen LogP contribution is 2.30. The second-order valence-corrected chi connectivity index (χ2v) is 13.2. The zero-order valence-corrected chi connectivity index (χ0v) is 30.6. The summed E-state index contributed by atoms with van der Waals surface area (Å²) in [6.45, 7) is 3.21. The molecule has 0 fully saturated rings. The number of nitrogens with zero attached hydrogens (tertiary/aromatic N) is 1. The molecular weight excluding hydrogens is 885 g/mol. The first-order valence-corrected chi connectivity index (χ1v) is 17.3. The lowest BCUT2D eigenvalue weighted by molar-refractivity contribution is -0.695. The van der Waals surface area contributed by atoms with Gasteiger partial charge in [-0.25, -0.2) is 87.8 Å². The average Bonchev–Trinajstić information content (AvgIpc) is 3.26. The minimum Gasteiger partial charge on any atom is -0.207 e. The van der Waals surface area contributed by atoms with Crippen LogP contribution in [0.15, 0.2) is 54.7 Å². The van der Waals surface area contributed by atoms with Gasteiger partial charge in [-0.15, -0.1) is 21.9 Å². The molecule has 0 saturated carbocycles. The minimum absolute atomic E-state index is 0.973. The molecule has 0 N–H and O–H groups in total. The number of aromatic nitrogens is 1. The van der Waals surface area contributed by atoms with Crippen LogP contribution in [0.25, 0.3) is 0 Å². The van der Waals surface area contributed by atoms with Gasteiger partial charge in [0.15, 0.2) is 88.2 Å². The van der Waals surface area contributed by atoms with E-state index in [1.54, 1.807) is 0 Å². The molecule has 6 rings (SSSR count). The van der Waals surface area contributed by atoms with Crippen molar-refractivity contribution in [2.24, 2.45) is 0 Å². The number of aryl methyl sites for hydroxylation is 1. The molecule has 62 heavy (non-hydrogen) atoms. The molecule has 0 aliphatic rings. The number of rotatable bonds is 9. The van der Waals surface area contributed by atoms with Crippen LogP contribution in [0.3, 0.4) is 0 Å². The van der Waals surface area contributed by atoms with Crippen molar-refractivity contribution < 1.29 is 92.4 Å². The Bertz CT molecular complexity index is 2330. The maximum Gasteiger partial charge on any atom is 0.200 e. The first kappa shape index (κ1) is 47.0. The molecule has 0 bridgehead atoms. The molecule has 1 aromatic heterocycles. The topological polar surface area (TPSA) is 3.88 Å². The summed E-state index contributed by atoms with van der Waals surface area (Å²) in [5.74, 6) is -71.4. The SMILES string of the molecule is CCCCc1cccc[n+]1Cc1ccccc1.Fc1c(F)c(F)c([B-](c2c(F)c(F)c(F)c(F)c2F)(c2c(F)c(F)c(F)c(F)c2F)c2c(F)c(F)c(F)c(F)c2F)c(F)c1F. The van der Waals surface area contributed by atoms with E-state index in [4.69, 9.17) is 0 Å². The van der Waals surface area contributed by atoms with Crippen LogP contribution in [0.1, 0.15) is 31.0 Å². The molecule has 0 atom stereocenters. The van der Waals surface area contributed by atoms with Crippen LogP contribution >= 0.6 is 0 Å². The second-order valence-electron chi connectivity index (χ2n) is 13.2. The molecular formula is C40H20BF20N. The third kappa shape index (κ3) is 7.60. The number of unbranched alkanes of at least 4 members (excludes halogenated alkanes) is 1. The maximum atomic E-state index is 15.4. The van der Waals surface area contributed by atoms with Crippen LogP contribution in [-0.2, 0) is 13.0 Å². The van der Waals surface area contributed by atoms with Gasteiger partial charge in [0.05, 0.1) is 0 Å². The fraction of sp³-hybridized carbons (Fsp3) is 0.125. The summed E-state index contributed by atoms with van der Waals surface area (Å²) < 4.78 is 296. The Hall–Kier alpha value is -6.09. The van der Waals surface area contributed by atoms with Gasteiger partial charge in [0, 0.05) is 24.1 Å². The largest absolute Gasteiger partial charge is 0.207 e. The summed E-state index contributed by atoms with van der Waals surface area (Å²) >= 11 is 0. The fourth-order valence-corrected chi connectivity index (χ4v) is 6.91. The molecule has 1 nitrogen and oxygen atoms in total. The summed E-state index contributed by atoms with van der Waals surface area (Å²) in [5, 5.41) is 0. The Balaban J connectivity index is 0.000000355. The number of hydrogen-bond acceptors (Lipinski definition) is 0. The highest BCUT2D eigenvalue weighted by molar-refractivity contribution is 7.20. The fourth-order valence-electron chi connectivity index (χ4n) is 6.91. The van der Waals surface area contributed by atoms with Crippen molar-refractivity contribution in [3.05, 3.63) is 182 Å². The third-order valence-corrected chi connectivity index (χ3v) is 9.72. The zero-order chi connectivity index (χ0) is 46.3. The minimum atomic E-state index is -7.22. The third-order valence-electron chi connectivity index (χ3n) is 9.72. The second kappa shape index (κ2) is 18.1. The molecule has 0 saturated heterocycles. The van der Waals surface area contributed by atoms with Gasteiger partial charge in [-0.1, -0.05) is 49.7 Å². The van der Waals surface area contributed by atoms with Gasteiger partial charge in [-0.05, 0) is 6.42 Å². The van der Waals surface area contributed by atoms with Crippen molar-refractivity contribution in [3.8, 4) is 0 Å². The van der Waals surface area contributed by atoms with Gasteiger partial charge < -0.3 is 0 Å². The Kier molecular flexibility index (Phi) is 13.7. The summed E-state index contributed by atoms with van der Waals surface area (Å²) in [6, 6.07) is 17.1. The van der Waals surface area contributed by atoms with E-state index in [0.29, 0.717) is 0 Å². The summed E-state index contributed by atoms with van der Waals surface area (Å²) in [4.78, 5) is 0. The van der Waals surface area contributed by atoms with Gasteiger partial charge in [0.1, 0.15) is 52.7 Å². The van der Waals surface area contributed by atoms with E-state index in [2.05, 4.69) is 66.2 Å². The van der Waals surface area contributed by atoms with E-state index in [0.717, 1.165) is 6.54 Å². The first-order valence-electron chi connectivity index (χ1n) is 17.3. The molecule has 0 aliphatic heterocycles. The van der Waals surface area contributed by atoms with Crippen molar-refractivity contribution in [1.29, 1.82) is 0 Å². The quantitative estimate of drug-likeness (QED) is 0.0449. The number of halogens is 20. The van der Waals surface area contributed by atoms with E-state index in [1.807, 2.05) is 0 Å². The van der Waals surface area contributed by atoms with E-state index >= 15 is 35.1 Å². The van der Waals surface area contributed by atoms with Crippen LogP contribution in [-0.4, -0.2) is 6.15 Å². The summed E-state index contributed by atoms with van der Waals surface area (Å²) in [6.07, 6.45) is -1.35. The summed E-state index contributed by atoms with van der Waals surface area (Å²) in [5.41, 5.74) is -11.5. The molecule has 0 aliphatic carbocycles. The predicted octanol–water partition coefficient (Wildman–Crippen LogP) is 9.21. The molecule has 0 spiro atoms. The van der Waals surface area contributed by atoms with Crippen molar-refractivity contribution >= 4 is 28.0 Å². The Labute approximate surface area is 335 Å². The summed E-state index contributed by atoms with van der Waals surface area (Å²) in [7, 11) is 0. The van der Waals surface area contributed by atoms with Crippen LogP contribution in [0.2, 0.25) is 0 Å². The molecule has 0 radical (unpaired) electrons. The molecule has 0 amide bonds. The molecule has 0 unspecified atom stereocenters. The molecule has 328 valence electrons. The predicted molar refractivity (Wildman–Crippen MR) is 180 cm³/mol. The van der Waals surface area contributed by atoms with Gasteiger partial charge in [-0.3, -0.25) is 0 Å². The maximum absolute atomic E-state index is 15.4. The van der Waals surface area contributed by atoms with Gasteiger partial charge in [0.2, 0.25) is 0 Å². The smallest absolute Gasteiger partial charge is 0.200 e. The van der Waals surface area contributed by atoms with E-state index in [-0.39, 0.29) is 0 Å². The van der Waals surface area contributed by atoms with E-state index in [1.165, 1.54) is 30.5 Å². The molecule has 1 heterocycles. The standard InChI is InChI=1S/C24BF20.C16H20N/c26-5-1(6(27)14(35)21(42)13(5)34)25(2-7(28)15(36)22(43)16(37)8(2)29,3-9(30)17(38)23(44)18(39)10(3)31)4-11(32)19(40)24(45)20(41)12(4)33;1-2-3-11-16-12-7-8-13-17(16)14-15-9-5-4-6-10-15/h;4-10,12-13H,2-3,11,14H2,1H3/q-1;+1. The lowest BCUT2D eigenvalue weighted by Crippen LogP contribution is -2.81. The lowest BCUT2D eigenvalue weighted by Gasteiger charge is -2.44. The van der Waals surface area contributed by atoms with Gasteiger partial charge in [0.25, 0.3) is 0 Å². The zero-order valence-electron chi connectivity index (χ0n) is 30.6. The van der Waals surface area contributed by atoms with Crippen LogP contribution in [0.5, 0.6) is 0 Å². The van der Waals surface area contributed by atoms with Crippen molar-refractivity contribution in [1.82, 2.24) is 0 Å². The highest BCUT2D eigenvalue weighted by atomic mass is 19.2. The van der Waals surface area contributed by atoms with Crippen molar-refractivity contribution in [2.75, 3.05) is 0 Å². The van der Waals surface area contributed by atoms with Gasteiger partial charge in [-0.2, -0.15) is 4.57 Å². The Morgan fingerprint density at radius 2 is 0.629 bits per heavy atom. The van der Waals surface area contributed by atoms with Crippen LogP contribution in [0, 0.1) is 116 Å².